The normalized spacial score (nSPS) is 15.8. The number of rotatable bonds is 9. The molecule has 0 aromatic heterocycles. The molecule has 3 N–H and O–H groups in total. The van der Waals surface area contributed by atoms with Crippen molar-refractivity contribution in [3.05, 3.63) is 29.8 Å². The molecule has 0 aliphatic carbocycles. The van der Waals surface area contributed by atoms with Gasteiger partial charge in [-0.3, -0.25) is 10.3 Å². The molecule has 1 aliphatic rings. The molecule has 0 radical (unpaired) electrons. The summed E-state index contributed by atoms with van der Waals surface area (Å²) in [6.07, 6.45) is 1.99. The summed E-state index contributed by atoms with van der Waals surface area (Å²) in [5.74, 6) is 1.64. The Hall–Kier alpha value is -1.63. The van der Waals surface area contributed by atoms with Gasteiger partial charge in [0.25, 0.3) is 0 Å². The Morgan fingerprint density at radius 3 is 2.77 bits per heavy atom. The predicted molar refractivity (Wildman–Crippen MR) is 88.2 cm³/mol. The molecule has 0 saturated heterocycles. The maximum Gasteiger partial charge on any atom is 0.165 e. The van der Waals surface area contributed by atoms with E-state index in [9.17, 15) is 0 Å². The second kappa shape index (κ2) is 9.40. The zero-order valence-electron chi connectivity index (χ0n) is 13.4. The van der Waals surface area contributed by atoms with Crippen LogP contribution in [0.1, 0.15) is 25.3 Å². The van der Waals surface area contributed by atoms with Gasteiger partial charge >= 0.3 is 0 Å². The van der Waals surface area contributed by atoms with Crippen LogP contribution >= 0.6 is 0 Å². The second-order valence-electron chi connectivity index (χ2n) is 5.27. The first-order chi connectivity index (χ1) is 10.8. The Balaban J connectivity index is 1.73. The fraction of sp³-hybridized carbons (Fsp3) is 0.562. The molecule has 1 atom stereocenters. The summed E-state index contributed by atoms with van der Waals surface area (Å²) < 4.78 is 0. The van der Waals surface area contributed by atoms with Gasteiger partial charge in [0.2, 0.25) is 0 Å². The van der Waals surface area contributed by atoms with Crippen LogP contribution in [0.4, 0.5) is 0 Å². The first-order valence-corrected chi connectivity index (χ1v) is 7.89. The topological polar surface area (TPSA) is 66.9 Å². The van der Waals surface area contributed by atoms with Crippen molar-refractivity contribution in [3.8, 4) is 5.75 Å². The van der Waals surface area contributed by atoms with Crippen molar-refractivity contribution in [2.45, 2.75) is 26.0 Å². The van der Waals surface area contributed by atoms with Crippen LogP contribution < -0.4 is 20.8 Å². The minimum Gasteiger partial charge on any atom is -0.370 e. The standard InChI is InChI=1S/C16H26N4O2/c1-13(18-10-3-9-17-2)21-22-15-7-5-14(6-8-15)16-19-11-4-12-20-16/h5-8,13,17-18H,3-4,9-12H2,1-2H3,(H,19,20). The third-order valence-corrected chi connectivity index (χ3v) is 3.35. The molecule has 1 heterocycles. The van der Waals surface area contributed by atoms with Crippen LogP contribution in [0.15, 0.2) is 29.3 Å². The fourth-order valence-corrected chi connectivity index (χ4v) is 2.13. The molecule has 1 aliphatic heterocycles. The van der Waals surface area contributed by atoms with Crippen molar-refractivity contribution in [3.63, 3.8) is 0 Å². The highest BCUT2D eigenvalue weighted by Crippen LogP contribution is 2.14. The molecule has 0 spiro atoms. The highest BCUT2D eigenvalue weighted by Gasteiger charge is 2.08. The molecule has 6 nitrogen and oxygen atoms in total. The highest BCUT2D eigenvalue weighted by molar-refractivity contribution is 5.99. The average Bonchev–Trinajstić information content (AvgIpc) is 2.58. The van der Waals surface area contributed by atoms with Gasteiger partial charge in [0.05, 0.1) is 0 Å². The molecule has 1 aromatic carbocycles. The van der Waals surface area contributed by atoms with Gasteiger partial charge in [0, 0.05) is 18.7 Å². The van der Waals surface area contributed by atoms with Crippen molar-refractivity contribution in [1.29, 1.82) is 0 Å². The van der Waals surface area contributed by atoms with Gasteiger partial charge in [0.15, 0.2) is 12.0 Å². The number of hydrogen-bond acceptors (Lipinski definition) is 6. The van der Waals surface area contributed by atoms with Crippen LogP contribution in [0, 0.1) is 0 Å². The summed E-state index contributed by atoms with van der Waals surface area (Å²) in [5.41, 5.74) is 1.07. The van der Waals surface area contributed by atoms with Gasteiger partial charge in [-0.05, 0) is 64.2 Å². The van der Waals surface area contributed by atoms with Gasteiger partial charge in [-0.15, -0.1) is 0 Å². The lowest BCUT2D eigenvalue weighted by Gasteiger charge is -2.16. The fourth-order valence-electron chi connectivity index (χ4n) is 2.13. The SMILES string of the molecule is CNCCCNC(C)OOc1ccc(C2=NCCCN2)cc1. The molecule has 0 bridgehead atoms. The van der Waals surface area contributed by atoms with E-state index >= 15 is 0 Å². The molecule has 2 rings (SSSR count). The summed E-state index contributed by atoms with van der Waals surface area (Å²) in [4.78, 5) is 15.1. The Kier molecular flexibility index (Phi) is 7.15. The molecule has 0 saturated carbocycles. The molecular weight excluding hydrogens is 280 g/mol. The van der Waals surface area contributed by atoms with E-state index in [0.717, 1.165) is 50.4 Å². The quantitative estimate of drug-likeness (QED) is 0.278. The zero-order chi connectivity index (χ0) is 15.6. The lowest BCUT2D eigenvalue weighted by atomic mass is 10.2. The van der Waals surface area contributed by atoms with Crippen molar-refractivity contribution in [2.24, 2.45) is 4.99 Å². The van der Waals surface area contributed by atoms with E-state index in [1.165, 1.54) is 0 Å². The number of aliphatic imine (C=N–C) groups is 1. The number of amidine groups is 1. The van der Waals surface area contributed by atoms with Gasteiger partial charge in [-0.25, -0.2) is 0 Å². The molecule has 6 heteroatoms. The predicted octanol–water partition coefficient (Wildman–Crippen LogP) is 1.28. The minimum atomic E-state index is -0.152. The first kappa shape index (κ1) is 16.7. The van der Waals surface area contributed by atoms with E-state index in [-0.39, 0.29) is 6.23 Å². The van der Waals surface area contributed by atoms with Crippen molar-refractivity contribution in [1.82, 2.24) is 16.0 Å². The Bertz CT molecular complexity index is 462. The molecule has 1 unspecified atom stereocenters. The van der Waals surface area contributed by atoms with E-state index in [0.29, 0.717) is 5.75 Å². The summed E-state index contributed by atoms with van der Waals surface area (Å²) in [5, 5.41) is 9.64. The summed E-state index contributed by atoms with van der Waals surface area (Å²) in [6.45, 7) is 5.67. The van der Waals surface area contributed by atoms with E-state index in [4.69, 9.17) is 9.78 Å². The number of nitrogens with zero attached hydrogens (tertiary/aromatic N) is 1. The number of hydrogen-bond donors (Lipinski definition) is 3. The largest absolute Gasteiger partial charge is 0.370 e. The minimum absolute atomic E-state index is 0.152. The van der Waals surface area contributed by atoms with E-state index in [2.05, 4.69) is 20.9 Å². The van der Waals surface area contributed by atoms with E-state index in [1.54, 1.807) is 0 Å². The molecule has 1 aromatic rings. The maximum absolute atomic E-state index is 5.33. The first-order valence-electron chi connectivity index (χ1n) is 7.89. The molecule has 0 fully saturated rings. The van der Waals surface area contributed by atoms with E-state index in [1.807, 2.05) is 38.2 Å². The highest BCUT2D eigenvalue weighted by atomic mass is 17.2. The van der Waals surface area contributed by atoms with Crippen molar-refractivity contribution < 1.29 is 9.78 Å². The third-order valence-electron chi connectivity index (χ3n) is 3.35. The van der Waals surface area contributed by atoms with Gasteiger partial charge in [-0.2, -0.15) is 4.89 Å². The summed E-state index contributed by atoms with van der Waals surface area (Å²) in [6, 6.07) is 7.76. The van der Waals surface area contributed by atoms with Crippen molar-refractivity contribution in [2.75, 3.05) is 33.2 Å². The van der Waals surface area contributed by atoms with Crippen LogP contribution in [0.25, 0.3) is 0 Å². The summed E-state index contributed by atoms with van der Waals surface area (Å²) in [7, 11) is 1.95. The molecule has 22 heavy (non-hydrogen) atoms. The lowest BCUT2D eigenvalue weighted by Crippen LogP contribution is -2.32. The second-order valence-corrected chi connectivity index (χ2v) is 5.27. The van der Waals surface area contributed by atoms with Crippen LogP contribution in [0.2, 0.25) is 0 Å². The van der Waals surface area contributed by atoms with Crippen LogP contribution in [-0.2, 0) is 4.89 Å². The average molecular weight is 306 g/mol. The van der Waals surface area contributed by atoms with E-state index < -0.39 is 0 Å². The van der Waals surface area contributed by atoms with Crippen molar-refractivity contribution >= 4 is 5.84 Å². The zero-order valence-corrected chi connectivity index (χ0v) is 13.4. The Labute approximate surface area is 132 Å². The van der Waals surface area contributed by atoms with Crippen LogP contribution in [-0.4, -0.2) is 45.3 Å². The van der Waals surface area contributed by atoms with Gasteiger partial charge in [-0.1, -0.05) is 0 Å². The van der Waals surface area contributed by atoms with Gasteiger partial charge in [0.1, 0.15) is 5.84 Å². The summed E-state index contributed by atoms with van der Waals surface area (Å²) >= 11 is 0. The molecular formula is C16H26N4O2. The smallest absolute Gasteiger partial charge is 0.165 e. The molecule has 0 amide bonds. The Morgan fingerprint density at radius 2 is 2.09 bits per heavy atom. The third kappa shape index (κ3) is 5.63. The number of nitrogens with one attached hydrogen (secondary N) is 3. The van der Waals surface area contributed by atoms with Crippen LogP contribution in [0.3, 0.4) is 0 Å². The lowest BCUT2D eigenvalue weighted by molar-refractivity contribution is -0.247. The monoisotopic (exact) mass is 306 g/mol. The van der Waals surface area contributed by atoms with Gasteiger partial charge < -0.3 is 15.5 Å². The molecule has 122 valence electrons. The maximum atomic E-state index is 5.33. The number of benzene rings is 1. The van der Waals surface area contributed by atoms with Crippen LogP contribution in [0.5, 0.6) is 5.75 Å². The Morgan fingerprint density at radius 1 is 1.27 bits per heavy atom.